The molecule has 2 atom stereocenters. The number of carbonyl (C=O) groups excluding carboxylic acids is 2. The molecule has 1 aromatic rings. The van der Waals surface area contributed by atoms with Crippen molar-refractivity contribution >= 4 is 11.8 Å². The van der Waals surface area contributed by atoms with Crippen LogP contribution in [-0.4, -0.2) is 23.9 Å². The third-order valence-corrected chi connectivity index (χ3v) is 5.23. The Morgan fingerprint density at radius 2 is 1.44 bits per heavy atom. The fraction of sp³-hybridized carbons (Fsp3) is 0.619. The van der Waals surface area contributed by atoms with Gasteiger partial charge >= 0.3 is 0 Å². The van der Waals surface area contributed by atoms with E-state index in [1.54, 1.807) is 0 Å². The summed E-state index contributed by atoms with van der Waals surface area (Å²) < 4.78 is 0. The van der Waals surface area contributed by atoms with Gasteiger partial charge in [-0.3, -0.25) is 9.59 Å². The average Bonchev–Trinajstić information content (AvgIpc) is 2.57. The Morgan fingerprint density at radius 1 is 0.960 bits per heavy atom. The summed E-state index contributed by atoms with van der Waals surface area (Å²) in [6.45, 7) is 8.21. The molecule has 2 amide bonds. The molecule has 1 fully saturated rings. The van der Waals surface area contributed by atoms with E-state index in [0.29, 0.717) is 12.8 Å². The minimum absolute atomic E-state index is 0.0820. The molecule has 4 nitrogen and oxygen atoms in total. The highest BCUT2D eigenvalue weighted by Gasteiger charge is 2.42. The maximum atomic E-state index is 12.1. The summed E-state index contributed by atoms with van der Waals surface area (Å²) in [6.07, 6.45) is 3.71. The van der Waals surface area contributed by atoms with Crippen LogP contribution in [0.25, 0.3) is 0 Å². The second-order valence-corrected chi connectivity index (χ2v) is 7.98. The minimum atomic E-state index is 0.0820. The van der Waals surface area contributed by atoms with Gasteiger partial charge in [-0.15, -0.1) is 0 Å². The zero-order valence-corrected chi connectivity index (χ0v) is 16.0. The molecule has 4 heteroatoms. The van der Waals surface area contributed by atoms with Gasteiger partial charge in [0.25, 0.3) is 0 Å². The van der Waals surface area contributed by atoms with Crippen LogP contribution in [0, 0.1) is 11.3 Å². The van der Waals surface area contributed by atoms with Crippen LogP contribution >= 0.6 is 0 Å². The molecule has 2 unspecified atom stereocenters. The number of amides is 2. The van der Waals surface area contributed by atoms with Gasteiger partial charge in [-0.2, -0.15) is 0 Å². The Morgan fingerprint density at radius 3 is 1.88 bits per heavy atom. The Balaban J connectivity index is 2.27. The molecule has 1 aliphatic rings. The highest BCUT2D eigenvalue weighted by molar-refractivity contribution is 5.76. The molecule has 0 aromatic heterocycles. The predicted octanol–water partition coefficient (Wildman–Crippen LogP) is 3.45. The van der Waals surface area contributed by atoms with Crippen LogP contribution in [0.5, 0.6) is 0 Å². The first-order chi connectivity index (χ1) is 11.8. The summed E-state index contributed by atoms with van der Waals surface area (Å²) in [6, 6.07) is 10.5. The Kier molecular flexibility index (Phi) is 6.63. The first-order valence-corrected chi connectivity index (χ1v) is 9.47. The zero-order chi connectivity index (χ0) is 18.4. The molecule has 1 aliphatic carbocycles. The van der Waals surface area contributed by atoms with Crippen LogP contribution in [0.15, 0.2) is 30.3 Å². The van der Waals surface area contributed by atoms with Crippen molar-refractivity contribution in [2.75, 3.05) is 0 Å². The van der Waals surface area contributed by atoms with E-state index in [0.717, 1.165) is 19.3 Å². The van der Waals surface area contributed by atoms with Gasteiger partial charge in [0, 0.05) is 30.8 Å². The highest BCUT2D eigenvalue weighted by atomic mass is 16.2. The van der Waals surface area contributed by atoms with Crippen molar-refractivity contribution in [3.63, 3.8) is 0 Å². The molecule has 0 spiro atoms. The van der Waals surface area contributed by atoms with Crippen molar-refractivity contribution in [3.05, 3.63) is 35.9 Å². The molecule has 2 rings (SSSR count). The standard InChI is InChI=1S/C21H32N2O2/c1-5-19(24)22-17-13-21(3,4)14-18(23-20(25)6-2)16(17)12-15-10-8-7-9-11-15/h7-11,16-18H,5-6,12-14H2,1-4H3,(H,22,24)(H,23,25). The first-order valence-electron chi connectivity index (χ1n) is 9.47. The summed E-state index contributed by atoms with van der Waals surface area (Å²) in [5.41, 5.74) is 1.34. The van der Waals surface area contributed by atoms with Gasteiger partial charge in [0.15, 0.2) is 0 Å². The van der Waals surface area contributed by atoms with E-state index in [4.69, 9.17) is 0 Å². The SMILES string of the molecule is CCC(=O)NC1CC(C)(C)CC(NC(=O)CC)C1Cc1ccccc1. The van der Waals surface area contributed by atoms with Gasteiger partial charge in [-0.1, -0.05) is 58.0 Å². The van der Waals surface area contributed by atoms with Gasteiger partial charge in [-0.25, -0.2) is 0 Å². The predicted molar refractivity (Wildman–Crippen MR) is 101 cm³/mol. The third-order valence-electron chi connectivity index (χ3n) is 5.23. The summed E-state index contributed by atoms with van der Waals surface area (Å²) in [5, 5.41) is 6.45. The smallest absolute Gasteiger partial charge is 0.219 e. The number of carbonyl (C=O) groups is 2. The molecule has 1 aromatic carbocycles. The normalized spacial score (nSPS) is 25.2. The van der Waals surface area contributed by atoms with Crippen molar-refractivity contribution in [1.82, 2.24) is 10.6 Å². The van der Waals surface area contributed by atoms with Crippen molar-refractivity contribution in [2.24, 2.45) is 11.3 Å². The van der Waals surface area contributed by atoms with Crippen molar-refractivity contribution in [2.45, 2.75) is 71.9 Å². The van der Waals surface area contributed by atoms with E-state index in [-0.39, 0.29) is 35.2 Å². The fourth-order valence-electron chi connectivity index (χ4n) is 3.96. The van der Waals surface area contributed by atoms with Crippen molar-refractivity contribution < 1.29 is 9.59 Å². The van der Waals surface area contributed by atoms with Crippen LogP contribution in [0.1, 0.15) is 58.9 Å². The lowest BCUT2D eigenvalue weighted by Crippen LogP contribution is -2.57. The molecule has 0 bridgehead atoms. The van der Waals surface area contributed by atoms with E-state index in [1.807, 2.05) is 32.0 Å². The molecule has 25 heavy (non-hydrogen) atoms. The van der Waals surface area contributed by atoms with Crippen molar-refractivity contribution in [1.29, 1.82) is 0 Å². The summed E-state index contributed by atoms with van der Waals surface area (Å²) in [4.78, 5) is 24.2. The van der Waals surface area contributed by atoms with Crippen molar-refractivity contribution in [3.8, 4) is 0 Å². The van der Waals surface area contributed by atoms with Gasteiger partial charge in [-0.05, 0) is 30.2 Å². The van der Waals surface area contributed by atoms with Gasteiger partial charge in [0.1, 0.15) is 0 Å². The van der Waals surface area contributed by atoms with Crippen LogP contribution in [0.3, 0.4) is 0 Å². The second-order valence-electron chi connectivity index (χ2n) is 7.98. The number of benzene rings is 1. The molecule has 0 saturated heterocycles. The molecule has 0 radical (unpaired) electrons. The van der Waals surface area contributed by atoms with Gasteiger partial charge in [0.05, 0.1) is 0 Å². The topological polar surface area (TPSA) is 58.2 Å². The maximum Gasteiger partial charge on any atom is 0.219 e. The average molecular weight is 344 g/mol. The molecule has 138 valence electrons. The Bertz CT molecular complexity index is 553. The Hall–Kier alpha value is -1.84. The zero-order valence-electron chi connectivity index (χ0n) is 16.0. The van der Waals surface area contributed by atoms with Crippen LogP contribution in [0.2, 0.25) is 0 Å². The van der Waals surface area contributed by atoms with Crippen LogP contribution in [0.4, 0.5) is 0 Å². The summed E-state index contributed by atoms with van der Waals surface area (Å²) >= 11 is 0. The molecule has 0 aliphatic heterocycles. The molecule has 1 saturated carbocycles. The second kappa shape index (κ2) is 8.50. The largest absolute Gasteiger partial charge is 0.353 e. The lowest BCUT2D eigenvalue weighted by Gasteiger charge is -2.46. The summed E-state index contributed by atoms with van der Waals surface area (Å²) in [7, 11) is 0. The first kappa shape index (κ1) is 19.5. The minimum Gasteiger partial charge on any atom is -0.353 e. The number of hydrogen-bond acceptors (Lipinski definition) is 2. The monoisotopic (exact) mass is 344 g/mol. The number of hydrogen-bond donors (Lipinski definition) is 2. The Labute approximate surface area is 151 Å². The van der Waals surface area contributed by atoms with Crippen LogP contribution in [-0.2, 0) is 16.0 Å². The van der Waals surface area contributed by atoms with Crippen LogP contribution < -0.4 is 10.6 Å². The van der Waals surface area contributed by atoms with E-state index < -0.39 is 0 Å². The van der Waals surface area contributed by atoms with Gasteiger partial charge in [0.2, 0.25) is 11.8 Å². The number of nitrogens with one attached hydrogen (secondary N) is 2. The highest BCUT2D eigenvalue weighted by Crippen LogP contribution is 2.40. The molecular formula is C21H32N2O2. The van der Waals surface area contributed by atoms with E-state index in [9.17, 15) is 9.59 Å². The summed E-state index contributed by atoms with van der Waals surface area (Å²) in [5.74, 6) is 0.379. The van der Waals surface area contributed by atoms with E-state index in [1.165, 1.54) is 5.56 Å². The van der Waals surface area contributed by atoms with Gasteiger partial charge < -0.3 is 10.6 Å². The fourth-order valence-corrected chi connectivity index (χ4v) is 3.96. The quantitative estimate of drug-likeness (QED) is 0.830. The molecule has 0 heterocycles. The van der Waals surface area contributed by atoms with E-state index >= 15 is 0 Å². The third kappa shape index (κ3) is 5.58. The number of rotatable bonds is 6. The van der Waals surface area contributed by atoms with E-state index in [2.05, 4.69) is 36.6 Å². The lowest BCUT2D eigenvalue weighted by molar-refractivity contribution is -0.123. The molecular weight excluding hydrogens is 312 g/mol. The maximum absolute atomic E-state index is 12.1. The lowest BCUT2D eigenvalue weighted by atomic mass is 9.66. The molecule has 2 N–H and O–H groups in total.